The van der Waals surface area contributed by atoms with Gasteiger partial charge in [0, 0.05) is 72.2 Å². The van der Waals surface area contributed by atoms with Crippen molar-refractivity contribution >= 4 is 115 Å². The standard InChI is InChI=1S/C37H23N3.C33H28BNO2.C10H7BrN2/c1-3-13-28-24(9-1)18-20-30-35(31-21-19-25-10-2-4-14-29(25)37(31)40-36(28)30)27-12-7-11-26(23-27)32-16-8-17-34(39-32)33-15-5-6-22-38-33;1-32(2)33(3,4)37-34(36-32)24-13-9-12-23(20-24)29-27-18-16-21-10-5-7-14-25(21)30(27)35-31-26-15-8-6-11-22(26)17-19-28(29)31;11-10-6-3-5-9(13-10)8-4-1-2-7-12-8/h1-23H;5-20H,1-4H3;1-7H. The number of fused-ring (bicyclic) bond motifs is 12. The highest BCUT2D eigenvalue weighted by Gasteiger charge is 2.51. The Morgan fingerprint density at radius 2 is 0.667 bits per heavy atom. The Labute approximate surface area is 530 Å². The minimum absolute atomic E-state index is 0.387. The van der Waals surface area contributed by atoms with Crippen molar-refractivity contribution in [3.05, 3.63) is 284 Å². The van der Waals surface area contributed by atoms with E-state index in [4.69, 9.17) is 24.3 Å². The first-order valence-electron chi connectivity index (χ1n) is 30.3. The quantitative estimate of drug-likeness (QED) is 0.0703. The molecule has 0 atom stereocenters. The summed E-state index contributed by atoms with van der Waals surface area (Å²) in [7, 11) is -0.411. The smallest absolute Gasteiger partial charge is 0.399 e. The van der Waals surface area contributed by atoms with Gasteiger partial charge in [0.1, 0.15) is 4.60 Å². The van der Waals surface area contributed by atoms with Crippen molar-refractivity contribution in [2.75, 3.05) is 0 Å². The third-order valence-electron chi connectivity index (χ3n) is 17.6. The maximum absolute atomic E-state index is 6.40. The highest BCUT2D eigenvalue weighted by molar-refractivity contribution is 9.10. The normalized spacial score (nSPS) is 13.5. The van der Waals surface area contributed by atoms with Crippen LogP contribution >= 0.6 is 15.9 Å². The van der Waals surface area contributed by atoms with Crippen LogP contribution in [0.25, 0.3) is 143 Å². The lowest BCUT2D eigenvalue weighted by Gasteiger charge is -2.32. The summed E-state index contributed by atoms with van der Waals surface area (Å²) in [6.07, 6.45) is 3.56. The Morgan fingerprint density at radius 1 is 0.300 bits per heavy atom. The van der Waals surface area contributed by atoms with Crippen LogP contribution in [0.3, 0.4) is 0 Å². The van der Waals surface area contributed by atoms with Gasteiger partial charge in [-0.2, -0.15) is 0 Å². The number of halogens is 1. The van der Waals surface area contributed by atoms with E-state index in [0.717, 1.165) is 120 Å². The van der Waals surface area contributed by atoms with Gasteiger partial charge in [-0.3, -0.25) is 9.97 Å². The molecule has 0 bridgehead atoms. The molecule has 0 amide bonds. The van der Waals surface area contributed by atoms with E-state index in [1.165, 1.54) is 32.7 Å². The SMILES string of the molecule is Brc1cccc(-c2ccccn2)n1.CC1(C)OB(c2cccc(-c3c4ccc5ccccc5c4nc4c3ccc3ccccc34)c2)OC1(C)C.c1ccc(-c2cccc(-c3cccc(-c4c5ccc6ccccc6c5nc5c4ccc4ccccc45)c3)n2)nc1. The molecule has 0 unspecified atom stereocenters. The number of hydrogen-bond donors (Lipinski definition) is 0. The summed E-state index contributed by atoms with van der Waals surface area (Å²) in [5.74, 6) is 0. The van der Waals surface area contributed by atoms with Crippen molar-refractivity contribution in [2.45, 2.75) is 38.9 Å². The van der Waals surface area contributed by atoms with E-state index in [1.54, 1.807) is 12.4 Å². The lowest BCUT2D eigenvalue weighted by atomic mass is 9.77. The van der Waals surface area contributed by atoms with Gasteiger partial charge in [0.15, 0.2) is 0 Å². The van der Waals surface area contributed by atoms with Gasteiger partial charge in [-0.1, -0.05) is 212 Å². The summed E-state index contributed by atoms with van der Waals surface area (Å²) in [6.45, 7) is 8.38. The van der Waals surface area contributed by atoms with Crippen molar-refractivity contribution in [2.24, 2.45) is 0 Å². The molecule has 0 radical (unpaired) electrons. The van der Waals surface area contributed by atoms with Crippen molar-refractivity contribution in [1.82, 2.24) is 29.9 Å². The largest absolute Gasteiger partial charge is 0.494 e. The van der Waals surface area contributed by atoms with Crippen molar-refractivity contribution in [3.8, 4) is 56.3 Å². The average molecular weight is 1230 g/mol. The van der Waals surface area contributed by atoms with Crippen LogP contribution in [0.5, 0.6) is 0 Å². The first kappa shape index (κ1) is 56.2. The van der Waals surface area contributed by atoms with Crippen molar-refractivity contribution in [3.63, 3.8) is 0 Å². The molecule has 10 aromatic carbocycles. The second kappa shape index (κ2) is 23.3. The van der Waals surface area contributed by atoms with Crippen LogP contribution in [0.1, 0.15) is 27.7 Å². The molecule has 10 heteroatoms. The van der Waals surface area contributed by atoms with Crippen LogP contribution in [0.15, 0.2) is 284 Å². The van der Waals surface area contributed by atoms with Gasteiger partial charge in [-0.05, 0) is 136 Å². The van der Waals surface area contributed by atoms with E-state index >= 15 is 0 Å². The molecule has 7 heterocycles. The van der Waals surface area contributed by atoms with Gasteiger partial charge in [0.25, 0.3) is 0 Å². The second-order valence-electron chi connectivity index (χ2n) is 23.7. The molecule has 6 aromatic heterocycles. The van der Waals surface area contributed by atoms with Crippen LogP contribution in [0.4, 0.5) is 0 Å². The molecule has 8 nitrogen and oxygen atoms in total. The zero-order valence-corrected chi connectivity index (χ0v) is 51.6. The van der Waals surface area contributed by atoms with Gasteiger partial charge in [-0.25, -0.2) is 19.9 Å². The van der Waals surface area contributed by atoms with Crippen LogP contribution in [0.2, 0.25) is 0 Å². The third-order valence-corrected chi connectivity index (χ3v) is 18.0. The molecule has 17 rings (SSSR count). The molecule has 0 spiro atoms. The summed E-state index contributed by atoms with van der Waals surface area (Å²) in [5, 5.41) is 14.0. The van der Waals surface area contributed by atoms with E-state index < -0.39 is 7.12 Å². The fourth-order valence-electron chi connectivity index (χ4n) is 12.4. The van der Waals surface area contributed by atoms with Gasteiger partial charge in [0.2, 0.25) is 0 Å². The Kier molecular flexibility index (Phi) is 14.5. The van der Waals surface area contributed by atoms with E-state index in [9.17, 15) is 0 Å². The molecule has 0 saturated carbocycles. The zero-order valence-electron chi connectivity index (χ0n) is 50.0. The molecule has 430 valence electrons. The Balaban J connectivity index is 0.000000126. The summed E-state index contributed by atoms with van der Waals surface area (Å²) < 4.78 is 13.6. The van der Waals surface area contributed by atoms with E-state index in [0.29, 0.717) is 0 Å². The third kappa shape index (κ3) is 10.5. The summed E-state index contributed by atoms with van der Waals surface area (Å²) in [6, 6.07) is 92.6. The van der Waals surface area contributed by atoms with Crippen LogP contribution in [-0.4, -0.2) is 48.2 Å². The van der Waals surface area contributed by atoms with Crippen LogP contribution in [-0.2, 0) is 9.31 Å². The van der Waals surface area contributed by atoms with E-state index in [-0.39, 0.29) is 11.2 Å². The van der Waals surface area contributed by atoms with Crippen LogP contribution < -0.4 is 5.46 Å². The predicted molar refractivity (Wildman–Crippen MR) is 377 cm³/mol. The molecular weight excluding hydrogens is 1170 g/mol. The summed E-state index contributed by atoms with van der Waals surface area (Å²) in [5.41, 5.74) is 14.5. The Morgan fingerprint density at radius 3 is 1.11 bits per heavy atom. The molecule has 0 aliphatic carbocycles. The molecule has 16 aromatic rings. The monoisotopic (exact) mass is 1220 g/mol. The molecule has 90 heavy (non-hydrogen) atoms. The first-order valence-corrected chi connectivity index (χ1v) is 31.1. The van der Waals surface area contributed by atoms with Gasteiger partial charge < -0.3 is 9.31 Å². The van der Waals surface area contributed by atoms with Crippen LogP contribution in [0, 0.1) is 0 Å². The fourth-order valence-corrected chi connectivity index (χ4v) is 12.8. The highest BCUT2D eigenvalue weighted by atomic mass is 79.9. The Hall–Kier alpha value is -10.4. The first-order chi connectivity index (χ1) is 44.0. The highest BCUT2D eigenvalue weighted by Crippen LogP contribution is 2.43. The molecule has 1 saturated heterocycles. The minimum Gasteiger partial charge on any atom is -0.399 e. The van der Waals surface area contributed by atoms with Gasteiger partial charge in [-0.15, -0.1) is 0 Å². The lowest BCUT2D eigenvalue weighted by molar-refractivity contribution is 0.00578. The average Bonchev–Trinajstić information content (AvgIpc) is 0.930. The lowest BCUT2D eigenvalue weighted by Crippen LogP contribution is -2.41. The Bertz CT molecular complexity index is 5230. The van der Waals surface area contributed by atoms with Gasteiger partial charge >= 0.3 is 7.12 Å². The van der Waals surface area contributed by atoms with E-state index in [1.807, 2.05) is 60.7 Å². The number of rotatable bonds is 6. The fraction of sp³-hybridized carbons (Fsp3) is 0.0750. The van der Waals surface area contributed by atoms with Crippen molar-refractivity contribution < 1.29 is 9.31 Å². The van der Waals surface area contributed by atoms with Gasteiger partial charge in [0.05, 0.1) is 61.7 Å². The molecule has 1 aliphatic rings. The van der Waals surface area contributed by atoms with Crippen molar-refractivity contribution in [1.29, 1.82) is 0 Å². The molecule has 0 N–H and O–H groups in total. The number of nitrogens with zero attached hydrogens (tertiary/aromatic N) is 6. The number of hydrogen-bond acceptors (Lipinski definition) is 8. The maximum Gasteiger partial charge on any atom is 0.494 e. The predicted octanol–water partition coefficient (Wildman–Crippen LogP) is 20.1. The van der Waals surface area contributed by atoms with E-state index in [2.05, 4.69) is 265 Å². The topological polar surface area (TPSA) is 95.8 Å². The summed E-state index contributed by atoms with van der Waals surface area (Å²) in [4.78, 5) is 28.6. The number of pyridine rings is 6. The molecule has 1 aliphatic heterocycles. The summed E-state index contributed by atoms with van der Waals surface area (Å²) >= 11 is 3.32. The minimum atomic E-state index is -0.411. The molecule has 1 fully saturated rings. The number of aromatic nitrogens is 6. The zero-order chi connectivity index (χ0) is 60.9. The molecular formula is C80H58BBrN6O2. The maximum atomic E-state index is 6.40. The number of benzene rings is 10. The second-order valence-corrected chi connectivity index (χ2v) is 24.5.